The lowest BCUT2D eigenvalue weighted by atomic mass is 10.1. The molecule has 148 valence electrons. The summed E-state index contributed by atoms with van der Waals surface area (Å²) in [6.07, 6.45) is -0.0705. The number of halogens is 5. The third-order valence-corrected chi connectivity index (χ3v) is 5.75. The molecule has 0 radical (unpaired) electrons. The summed E-state index contributed by atoms with van der Waals surface area (Å²) < 4.78 is 57.6. The Morgan fingerprint density at radius 1 is 1.21 bits per heavy atom. The summed E-state index contributed by atoms with van der Waals surface area (Å²) in [5.74, 6) is -2.00. The van der Waals surface area contributed by atoms with Gasteiger partial charge in [-0.25, -0.2) is 4.39 Å². The molecular weight excluding hydrogens is 437 g/mol. The number of hydrogen-bond donors (Lipinski definition) is 1. The number of nitrogens with one attached hydrogen (secondary N) is 1. The van der Waals surface area contributed by atoms with Gasteiger partial charge in [0.05, 0.1) is 0 Å². The fourth-order valence-corrected chi connectivity index (χ4v) is 4.32. The second-order valence-corrected chi connectivity index (χ2v) is 9.76. The number of hydrogen-bond acceptors (Lipinski definition) is 4. The van der Waals surface area contributed by atoms with Crippen LogP contribution in [0.2, 0.25) is 5.02 Å². The molecule has 0 aliphatic heterocycles. The molecule has 0 amide bonds. The summed E-state index contributed by atoms with van der Waals surface area (Å²) >= 11 is 10.6. The van der Waals surface area contributed by atoms with E-state index in [1.54, 1.807) is 24.3 Å². The highest BCUT2D eigenvalue weighted by Gasteiger charge is 2.35. The number of anilines is 1. The quantitative estimate of drug-likeness (QED) is 0.351. The minimum Gasteiger partial charge on any atom is -0.336 e. The average Bonchev–Trinajstić information content (AvgIpc) is 3.09. The Kier molecular flexibility index (Phi) is 5.75. The number of nitrogens with zero attached hydrogens (tertiary/aromatic N) is 2. The highest BCUT2D eigenvalue weighted by Crippen LogP contribution is 2.45. The molecule has 3 aromatic rings. The average molecular weight is 450 g/mol. The first-order chi connectivity index (χ1) is 13.0. The molecule has 0 bridgehead atoms. The molecule has 5 nitrogen and oxygen atoms in total. The van der Waals surface area contributed by atoms with Crippen LogP contribution in [0.25, 0.3) is 11.4 Å². The highest BCUT2D eigenvalue weighted by atomic mass is 35.5. The molecule has 0 spiro atoms. The van der Waals surface area contributed by atoms with Gasteiger partial charge in [0.15, 0.2) is 7.29 Å². The molecule has 1 atom stereocenters. The Morgan fingerprint density at radius 2 is 1.89 bits per heavy atom. The smallest absolute Gasteiger partial charge is 0.336 e. The number of benzene rings is 2. The summed E-state index contributed by atoms with van der Waals surface area (Å²) in [6.45, 7) is 1.49. The van der Waals surface area contributed by atoms with Gasteiger partial charge in [0, 0.05) is 29.1 Å². The van der Waals surface area contributed by atoms with E-state index in [0.717, 1.165) is 6.07 Å². The predicted molar refractivity (Wildman–Crippen MR) is 102 cm³/mol. The highest BCUT2D eigenvalue weighted by molar-refractivity contribution is 7.63. The van der Waals surface area contributed by atoms with Gasteiger partial charge in [0.2, 0.25) is 5.82 Å². The van der Waals surface area contributed by atoms with Crippen LogP contribution in [0.3, 0.4) is 0 Å². The summed E-state index contributed by atoms with van der Waals surface area (Å²) in [5, 5.41) is 2.97. The van der Waals surface area contributed by atoms with Crippen molar-refractivity contribution in [1.82, 2.24) is 10.1 Å². The lowest BCUT2D eigenvalue weighted by Gasteiger charge is -2.17. The minimum atomic E-state index is -3.81. The van der Waals surface area contributed by atoms with E-state index in [4.69, 9.17) is 23.2 Å². The normalized spacial score (nSPS) is 13.9. The second-order valence-electron chi connectivity index (χ2n) is 6.10. The molecule has 0 aliphatic rings. The summed E-state index contributed by atoms with van der Waals surface area (Å²) in [4.78, 5) is 3.46. The van der Waals surface area contributed by atoms with Crippen LogP contribution in [-0.2, 0) is 16.1 Å². The summed E-state index contributed by atoms with van der Waals surface area (Å²) in [5.41, 5.74) is 0.893. The number of alkyl halides is 3. The van der Waals surface area contributed by atoms with E-state index in [1.165, 1.54) is 18.8 Å². The molecule has 28 heavy (non-hydrogen) atoms. The van der Waals surface area contributed by atoms with E-state index in [2.05, 4.69) is 19.8 Å². The van der Waals surface area contributed by atoms with Crippen LogP contribution in [-0.4, -0.2) is 16.8 Å². The van der Waals surface area contributed by atoms with Gasteiger partial charge in [-0.3, -0.25) is 0 Å². The maximum Gasteiger partial charge on any atom is 0.400 e. The van der Waals surface area contributed by atoms with Crippen LogP contribution >= 0.6 is 30.5 Å². The van der Waals surface area contributed by atoms with E-state index in [0.29, 0.717) is 10.7 Å². The van der Waals surface area contributed by atoms with Gasteiger partial charge in [0.25, 0.3) is 0 Å². The van der Waals surface area contributed by atoms with Crippen molar-refractivity contribution < 1.29 is 22.3 Å². The van der Waals surface area contributed by atoms with Crippen molar-refractivity contribution in [2.24, 2.45) is 0 Å². The SMILES string of the molecule is CP(=O)(Cc1ccc(-c2noc(C(F)(F)Cl)n2)cc1F)Nc1ccc(Cl)cc1. The van der Waals surface area contributed by atoms with Crippen molar-refractivity contribution in [3.63, 3.8) is 0 Å². The number of rotatable bonds is 6. The first-order valence-corrected chi connectivity index (χ1v) is 10.9. The molecule has 0 saturated carbocycles. The van der Waals surface area contributed by atoms with Crippen molar-refractivity contribution in [3.05, 3.63) is 64.8 Å². The van der Waals surface area contributed by atoms with Crippen LogP contribution in [0, 0.1) is 5.82 Å². The lowest BCUT2D eigenvalue weighted by Crippen LogP contribution is -2.03. The van der Waals surface area contributed by atoms with Gasteiger partial charge in [0.1, 0.15) is 5.82 Å². The Balaban J connectivity index is 1.77. The fraction of sp³-hybridized carbons (Fsp3) is 0.176. The largest absolute Gasteiger partial charge is 0.400 e. The third kappa shape index (κ3) is 5.07. The van der Waals surface area contributed by atoms with E-state index >= 15 is 0 Å². The molecule has 3 rings (SSSR count). The van der Waals surface area contributed by atoms with Crippen LogP contribution in [0.5, 0.6) is 0 Å². The zero-order valence-electron chi connectivity index (χ0n) is 14.3. The zero-order valence-corrected chi connectivity index (χ0v) is 16.7. The van der Waals surface area contributed by atoms with E-state index in [1.807, 2.05) is 0 Å². The van der Waals surface area contributed by atoms with Gasteiger partial charge >= 0.3 is 11.3 Å². The monoisotopic (exact) mass is 449 g/mol. The van der Waals surface area contributed by atoms with Gasteiger partial charge in [-0.15, -0.1) is 0 Å². The van der Waals surface area contributed by atoms with Gasteiger partial charge in [-0.05, 0) is 47.5 Å². The number of aromatic nitrogens is 2. The van der Waals surface area contributed by atoms with Crippen molar-refractivity contribution in [1.29, 1.82) is 0 Å². The molecule has 0 aliphatic carbocycles. The second kappa shape index (κ2) is 7.78. The zero-order chi connectivity index (χ0) is 20.5. The molecule has 0 fully saturated rings. The Hall–Kier alpha value is -2.02. The summed E-state index contributed by atoms with van der Waals surface area (Å²) in [6, 6.07) is 10.5. The first kappa shape index (κ1) is 20.7. The van der Waals surface area contributed by atoms with Crippen molar-refractivity contribution >= 4 is 36.2 Å². The van der Waals surface area contributed by atoms with Crippen molar-refractivity contribution in [2.75, 3.05) is 11.8 Å². The Bertz CT molecular complexity index is 1040. The van der Waals surface area contributed by atoms with E-state index < -0.39 is 24.4 Å². The fourth-order valence-electron chi connectivity index (χ4n) is 2.43. The molecule has 11 heteroatoms. The third-order valence-electron chi connectivity index (χ3n) is 3.66. The van der Waals surface area contributed by atoms with Gasteiger partial charge < -0.3 is 14.2 Å². The summed E-state index contributed by atoms with van der Waals surface area (Å²) in [7, 11) is -2.98. The van der Waals surface area contributed by atoms with Gasteiger partial charge in [-0.1, -0.05) is 28.9 Å². The molecule has 2 aromatic carbocycles. The minimum absolute atomic E-state index is 0.0705. The molecular formula is C17H13Cl2F3N3O2P. The Morgan fingerprint density at radius 3 is 2.46 bits per heavy atom. The van der Waals surface area contributed by atoms with E-state index in [9.17, 15) is 17.7 Å². The molecule has 1 heterocycles. The first-order valence-electron chi connectivity index (χ1n) is 7.84. The molecule has 1 unspecified atom stereocenters. The van der Waals surface area contributed by atoms with Crippen LogP contribution < -0.4 is 5.09 Å². The standard InChI is InChI=1S/C17H13Cl2F3N3O2P/c1-28(26,25-13-6-4-12(18)5-7-13)9-11-3-2-10(8-14(11)20)15-23-16(27-24-15)17(19,21)22/h2-8H,9H2,1H3,(H,25,26). The maximum absolute atomic E-state index is 14.5. The molecule has 0 saturated heterocycles. The van der Waals surface area contributed by atoms with Crippen molar-refractivity contribution in [3.8, 4) is 11.4 Å². The maximum atomic E-state index is 14.5. The Labute approximate surface area is 168 Å². The molecule has 1 aromatic heterocycles. The molecule has 1 N–H and O–H groups in total. The lowest BCUT2D eigenvalue weighted by molar-refractivity contribution is 0.0551. The predicted octanol–water partition coefficient (Wildman–Crippen LogP) is 6.34. The topological polar surface area (TPSA) is 68.0 Å². The van der Waals surface area contributed by atoms with Gasteiger partial charge in [-0.2, -0.15) is 13.8 Å². The van der Waals surface area contributed by atoms with E-state index in [-0.39, 0.29) is 23.1 Å². The van der Waals surface area contributed by atoms with Crippen molar-refractivity contribution in [2.45, 2.75) is 11.5 Å². The van der Waals surface area contributed by atoms with Crippen LogP contribution in [0.15, 0.2) is 47.0 Å². The van der Waals surface area contributed by atoms with Crippen LogP contribution in [0.1, 0.15) is 11.5 Å². The van der Waals surface area contributed by atoms with Crippen LogP contribution in [0.4, 0.5) is 18.9 Å².